The first-order valence-electron chi connectivity index (χ1n) is 12.5. The van der Waals surface area contributed by atoms with Crippen LogP contribution in [0.15, 0.2) is 34.4 Å². The number of amides is 2. The number of carbonyl (C=O) groups is 2. The molecule has 0 unspecified atom stereocenters. The number of nitrogens with zero attached hydrogens (tertiary/aromatic N) is 6. The van der Waals surface area contributed by atoms with E-state index in [1.54, 1.807) is 23.3 Å². The quantitative estimate of drug-likeness (QED) is 0.208. The molecule has 0 saturated carbocycles. The minimum absolute atomic E-state index is 0.0449. The second-order valence-electron chi connectivity index (χ2n) is 10.0. The molecule has 0 atom stereocenters. The van der Waals surface area contributed by atoms with Gasteiger partial charge in [-0.25, -0.2) is 19.6 Å². The summed E-state index contributed by atoms with van der Waals surface area (Å²) in [6, 6.07) is 0. The Morgan fingerprint density at radius 3 is 2.62 bits per heavy atom. The van der Waals surface area contributed by atoms with Gasteiger partial charge in [-0.2, -0.15) is 0 Å². The summed E-state index contributed by atoms with van der Waals surface area (Å²) in [7, 11) is 0. The van der Waals surface area contributed by atoms with E-state index in [2.05, 4.69) is 35.9 Å². The molecule has 0 aliphatic heterocycles. The second-order valence-corrected chi connectivity index (χ2v) is 10.8. The van der Waals surface area contributed by atoms with Gasteiger partial charge in [0.1, 0.15) is 18.6 Å². The normalized spacial score (nSPS) is 11.9. The first kappa shape index (κ1) is 30.2. The topological polar surface area (TPSA) is 159 Å². The Morgan fingerprint density at radius 2 is 1.92 bits per heavy atom. The molecule has 3 rings (SSSR count). The molecule has 0 radical (unpaired) electrons. The highest BCUT2D eigenvalue weighted by Crippen LogP contribution is 2.19. The molecule has 2 amide bonds. The third-order valence-electron chi connectivity index (χ3n) is 5.49. The molecule has 0 aromatic carbocycles. The molecule has 0 aliphatic rings. The van der Waals surface area contributed by atoms with Gasteiger partial charge in [0.05, 0.1) is 30.5 Å². The van der Waals surface area contributed by atoms with E-state index >= 15 is 0 Å². The SMILES string of the molecule is CCOCC(=O)NC(C)(C)CCOC(C)(C)Cn1cc(CNC(=O)c2coc(-c3cnc(SC)nc3)n2)nn1. The van der Waals surface area contributed by atoms with Crippen LogP contribution in [0, 0.1) is 0 Å². The van der Waals surface area contributed by atoms with Gasteiger partial charge in [-0.05, 0) is 47.3 Å². The highest BCUT2D eigenvalue weighted by molar-refractivity contribution is 7.98. The fourth-order valence-corrected chi connectivity index (χ4v) is 3.81. The summed E-state index contributed by atoms with van der Waals surface area (Å²) in [5.41, 5.74) is 0.337. The fourth-order valence-electron chi connectivity index (χ4n) is 3.49. The van der Waals surface area contributed by atoms with Crippen LogP contribution in [0.3, 0.4) is 0 Å². The first-order valence-corrected chi connectivity index (χ1v) is 13.7. The zero-order chi connectivity index (χ0) is 28.5. The number of nitrogens with one attached hydrogen (secondary N) is 2. The van der Waals surface area contributed by atoms with Crippen molar-refractivity contribution in [1.29, 1.82) is 0 Å². The predicted molar refractivity (Wildman–Crippen MR) is 144 cm³/mol. The third kappa shape index (κ3) is 9.71. The summed E-state index contributed by atoms with van der Waals surface area (Å²) in [4.78, 5) is 37.1. The van der Waals surface area contributed by atoms with E-state index in [4.69, 9.17) is 13.9 Å². The van der Waals surface area contributed by atoms with E-state index in [1.165, 1.54) is 18.0 Å². The monoisotopic (exact) mass is 560 g/mol. The van der Waals surface area contributed by atoms with Crippen molar-refractivity contribution >= 4 is 23.6 Å². The summed E-state index contributed by atoms with van der Waals surface area (Å²) in [6.07, 6.45) is 8.74. The van der Waals surface area contributed by atoms with E-state index in [9.17, 15) is 9.59 Å². The van der Waals surface area contributed by atoms with Gasteiger partial charge in [0.15, 0.2) is 10.9 Å². The van der Waals surface area contributed by atoms with E-state index in [0.717, 1.165) is 0 Å². The first-order chi connectivity index (χ1) is 18.5. The molecule has 14 heteroatoms. The van der Waals surface area contributed by atoms with Crippen molar-refractivity contribution in [2.24, 2.45) is 0 Å². The fraction of sp³-hybridized carbons (Fsp3) is 0.560. The minimum atomic E-state index is -0.533. The van der Waals surface area contributed by atoms with Crippen LogP contribution in [0.1, 0.15) is 57.2 Å². The average molecular weight is 561 g/mol. The van der Waals surface area contributed by atoms with Gasteiger partial charge in [0, 0.05) is 31.1 Å². The van der Waals surface area contributed by atoms with Gasteiger partial charge in [-0.1, -0.05) is 17.0 Å². The molecular weight excluding hydrogens is 524 g/mol. The largest absolute Gasteiger partial charge is 0.444 e. The minimum Gasteiger partial charge on any atom is -0.444 e. The second kappa shape index (κ2) is 13.6. The molecule has 2 N–H and O–H groups in total. The van der Waals surface area contributed by atoms with Crippen LogP contribution in [-0.4, -0.2) is 79.0 Å². The van der Waals surface area contributed by atoms with Crippen LogP contribution >= 0.6 is 11.8 Å². The van der Waals surface area contributed by atoms with Crippen molar-refractivity contribution in [2.75, 3.05) is 26.1 Å². The lowest BCUT2D eigenvalue weighted by Crippen LogP contribution is -2.46. The van der Waals surface area contributed by atoms with Crippen LogP contribution in [0.5, 0.6) is 0 Å². The molecule has 0 aliphatic carbocycles. The third-order valence-corrected chi connectivity index (χ3v) is 6.06. The molecule has 3 aromatic rings. The van der Waals surface area contributed by atoms with Crippen molar-refractivity contribution in [3.05, 3.63) is 36.2 Å². The Bertz CT molecular complexity index is 1230. The van der Waals surface area contributed by atoms with Gasteiger partial charge in [-0.3, -0.25) is 9.59 Å². The van der Waals surface area contributed by atoms with Crippen LogP contribution in [0.2, 0.25) is 0 Å². The number of hydrogen-bond acceptors (Lipinski definition) is 11. The van der Waals surface area contributed by atoms with Gasteiger partial charge < -0.3 is 24.5 Å². The average Bonchev–Trinajstić information content (AvgIpc) is 3.55. The smallest absolute Gasteiger partial charge is 0.273 e. The molecule has 13 nitrogen and oxygen atoms in total. The maximum Gasteiger partial charge on any atom is 0.273 e. The zero-order valence-electron chi connectivity index (χ0n) is 23.2. The molecular formula is C25H36N8O5S. The van der Waals surface area contributed by atoms with E-state index < -0.39 is 17.0 Å². The van der Waals surface area contributed by atoms with Crippen LogP contribution < -0.4 is 10.6 Å². The van der Waals surface area contributed by atoms with Crippen LogP contribution in [-0.2, 0) is 27.4 Å². The molecule has 0 fully saturated rings. The van der Waals surface area contributed by atoms with E-state index in [-0.39, 0.29) is 30.6 Å². The molecule has 212 valence electrons. The van der Waals surface area contributed by atoms with Gasteiger partial charge >= 0.3 is 0 Å². The van der Waals surface area contributed by atoms with Crippen molar-refractivity contribution in [1.82, 2.24) is 40.6 Å². The zero-order valence-corrected chi connectivity index (χ0v) is 24.0. The number of thioether (sulfide) groups is 1. The summed E-state index contributed by atoms with van der Waals surface area (Å²) in [5.74, 6) is -0.291. The van der Waals surface area contributed by atoms with Gasteiger partial charge in [0.2, 0.25) is 11.8 Å². The number of carbonyl (C=O) groups excluding carboxylic acids is 2. The lowest BCUT2D eigenvalue weighted by molar-refractivity contribution is -0.127. The van der Waals surface area contributed by atoms with Gasteiger partial charge in [0.25, 0.3) is 5.91 Å². The molecule has 0 saturated heterocycles. The van der Waals surface area contributed by atoms with Crippen LogP contribution in [0.4, 0.5) is 0 Å². The number of rotatable bonds is 15. The lowest BCUT2D eigenvalue weighted by atomic mass is 10.0. The summed E-state index contributed by atoms with van der Waals surface area (Å²) in [5, 5.41) is 14.6. The molecule has 3 aromatic heterocycles. The van der Waals surface area contributed by atoms with Crippen molar-refractivity contribution < 1.29 is 23.5 Å². The van der Waals surface area contributed by atoms with Crippen molar-refractivity contribution in [3.63, 3.8) is 0 Å². The van der Waals surface area contributed by atoms with Crippen molar-refractivity contribution in [3.8, 4) is 11.5 Å². The highest BCUT2D eigenvalue weighted by atomic mass is 32.2. The number of ether oxygens (including phenoxy) is 2. The standard InChI is InChI=1S/C25H36N8O5S/c1-7-36-15-20(34)30-24(2,3)8-9-38-25(4,5)16-33-13-18(31-32-33)12-26-21(35)19-14-37-22(29-19)17-10-27-23(39-6)28-11-17/h10-11,13-14H,7-9,12,15-16H2,1-6H3,(H,26,35)(H,30,34). The van der Waals surface area contributed by atoms with E-state index in [0.29, 0.717) is 42.6 Å². The maximum absolute atomic E-state index is 12.5. The number of oxazole rings is 1. The van der Waals surface area contributed by atoms with Crippen LogP contribution in [0.25, 0.3) is 11.5 Å². The number of hydrogen-bond donors (Lipinski definition) is 2. The van der Waals surface area contributed by atoms with Gasteiger partial charge in [-0.15, -0.1) is 5.10 Å². The number of aromatic nitrogens is 6. The summed E-state index contributed by atoms with van der Waals surface area (Å²) in [6.45, 7) is 11.3. The maximum atomic E-state index is 12.5. The highest BCUT2D eigenvalue weighted by Gasteiger charge is 2.25. The Labute approximate surface area is 231 Å². The molecule has 0 bridgehead atoms. The Morgan fingerprint density at radius 1 is 1.18 bits per heavy atom. The summed E-state index contributed by atoms with van der Waals surface area (Å²) >= 11 is 1.43. The molecule has 0 spiro atoms. The Hall–Kier alpha value is -3.36. The Kier molecular flexibility index (Phi) is 10.5. The Balaban J connectivity index is 1.44. The van der Waals surface area contributed by atoms with Crippen molar-refractivity contribution in [2.45, 2.75) is 70.4 Å². The molecule has 39 heavy (non-hydrogen) atoms. The van der Waals surface area contributed by atoms with E-state index in [1.807, 2.05) is 40.9 Å². The lowest BCUT2D eigenvalue weighted by Gasteiger charge is -2.30. The predicted octanol–water partition coefficient (Wildman–Crippen LogP) is 2.49. The molecule has 3 heterocycles. The summed E-state index contributed by atoms with van der Waals surface area (Å²) < 4.78 is 18.3.